The average Bonchev–Trinajstić information content (AvgIpc) is 2.53. The Balaban J connectivity index is 2.89. The maximum absolute atomic E-state index is 12.5. The monoisotopic (exact) mass is 366 g/mol. The maximum atomic E-state index is 12.5. The van der Waals surface area contributed by atoms with Crippen LogP contribution >= 0.6 is 0 Å². The fourth-order valence-corrected chi connectivity index (χ4v) is 2.08. The van der Waals surface area contributed by atoms with Crippen molar-refractivity contribution in [3.05, 3.63) is 29.8 Å². The topological polar surface area (TPSA) is 114 Å². The van der Waals surface area contributed by atoms with E-state index in [4.69, 9.17) is 4.74 Å². The quantitative estimate of drug-likeness (QED) is 0.658. The van der Waals surface area contributed by atoms with E-state index in [1.807, 2.05) is 0 Å². The molecular formula is C18H26N2O6. The third-order valence-electron chi connectivity index (χ3n) is 3.30. The van der Waals surface area contributed by atoms with E-state index in [1.54, 1.807) is 32.9 Å². The second kappa shape index (κ2) is 9.07. The lowest BCUT2D eigenvalue weighted by molar-refractivity contribution is -0.144. The number of phenols is 1. The highest BCUT2D eigenvalue weighted by Gasteiger charge is 2.27. The van der Waals surface area contributed by atoms with Gasteiger partial charge in [0, 0.05) is 6.42 Å². The normalized spacial score (nSPS) is 13.3. The highest BCUT2D eigenvalue weighted by Crippen LogP contribution is 2.12. The molecule has 1 rings (SSSR count). The van der Waals surface area contributed by atoms with Gasteiger partial charge in [-0.05, 0) is 45.4 Å². The molecule has 0 spiro atoms. The van der Waals surface area contributed by atoms with E-state index in [1.165, 1.54) is 26.2 Å². The summed E-state index contributed by atoms with van der Waals surface area (Å²) in [6.07, 6.45) is -0.596. The van der Waals surface area contributed by atoms with Gasteiger partial charge in [0.1, 0.15) is 23.4 Å². The predicted octanol–water partition coefficient (Wildman–Crippen LogP) is 1.51. The number of esters is 1. The molecule has 0 saturated carbocycles. The molecule has 1 aromatic carbocycles. The van der Waals surface area contributed by atoms with Crippen LogP contribution in [0.25, 0.3) is 0 Å². The number of aromatic hydroxyl groups is 1. The van der Waals surface area contributed by atoms with E-state index in [0.717, 1.165) is 0 Å². The molecular weight excluding hydrogens is 340 g/mol. The number of methoxy groups -OCH3 is 1. The van der Waals surface area contributed by atoms with Crippen LogP contribution < -0.4 is 10.6 Å². The van der Waals surface area contributed by atoms with Crippen molar-refractivity contribution in [1.82, 2.24) is 10.6 Å². The number of rotatable bonds is 6. The zero-order chi connectivity index (χ0) is 19.9. The minimum atomic E-state index is -0.971. The fourth-order valence-electron chi connectivity index (χ4n) is 2.08. The van der Waals surface area contributed by atoms with Crippen molar-refractivity contribution in [2.75, 3.05) is 7.11 Å². The first kappa shape index (κ1) is 21.3. The number of nitrogens with one attached hydrogen (secondary N) is 2. The summed E-state index contributed by atoms with van der Waals surface area (Å²) >= 11 is 0. The van der Waals surface area contributed by atoms with Crippen molar-refractivity contribution < 1.29 is 29.0 Å². The average molecular weight is 366 g/mol. The van der Waals surface area contributed by atoms with Crippen LogP contribution in [0.5, 0.6) is 5.75 Å². The molecule has 0 bridgehead atoms. The minimum Gasteiger partial charge on any atom is -0.508 e. The lowest BCUT2D eigenvalue weighted by atomic mass is 10.0. The van der Waals surface area contributed by atoms with Gasteiger partial charge in [0.05, 0.1) is 7.11 Å². The Morgan fingerprint density at radius 3 is 2.19 bits per heavy atom. The zero-order valence-corrected chi connectivity index (χ0v) is 15.7. The SMILES string of the molecule is COC(=O)[C@@H](C)NC(=O)[C@@H](Cc1ccc(O)cc1)NC(=O)OC(C)(C)C. The Labute approximate surface area is 152 Å². The highest BCUT2D eigenvalue weighted by molar-refractivity contribution is 5.89. The molecule has 2 amide bonds. The molecule has 0 aliphatic rings. The molecule has 0 aliphatic heterocycles. The number of carbonyl (C=O) groups is 3. The van der Waals surface area contributed by atoms with Crippen LogP contribution in [0, 0.1) is 0 Å². The number of alkyl carbamates (subject to hydrolysis) is 1. The summed E-state index contributed by atoms with van der Waals surface area (Å²) in [4.78, 5) is 36.1. The second-order valence-corrected chi connectivity index (χ2v) is 6.82. The molecule has 0 aliphatic carbocycles. The number of hydrogen-bond donors (Lipinski definition) is 3. The summed E-state index contributed by atoms with van der Waals surface area (Å²) in [6, 6.07) is 4.40. The van der Waals surface area contributed by atoms with Crippen molar-refractivity contribution >= 4 is 18.0 Å². The van der Waals surface area contributed by atoms with Crippen LogP contribution in [-0.2, 0) is 25.5 Å². The first-order valence-corrected chi connectivity index (χ1v) is 8.17. The van der Waals surface area contributed by atoms with Crippen LogP contribution in [0.2, 0.25) is 0 Å². The summed E-state index contributed by atoms with van der Waals surface area (Å²) in [5.41, 5.74) is -0.00658. The van der Waals surface area contributed by atoms with Gasteiger partial charge in [-0.25, -0.2) is 9.59 Å². The Bertz CT molecular complexity index is 636. The first-order chi connectivity index (χ1) is 12.0. The Morgan fingerprint density at radius 2 is 1.69 bits per heavy atom. The van der Waals surface area contributed by atoms with Crippen LogP contribution in [0.4, 0.5) is 4.79 Å². The van der Waals surface area contributed by atoms with Gasteiger partial charge in [-0.15, -0.1) is 0 Å². The fraction of sp³-hybridized carbons (Fsp3) is 0.500. The van der Waals surface area contributed by atoms with E-state index in [0.29, 0.717) is 5.56 Å². The van der Waals surface area contributed by atoms with Crippen molar-refractivity contribution in [3.8, 4) is 5.75 Å². The van der Waals surface area contributed by atoms with Crippen LogP contribution in [0.1, 0.15) is 33.3 Å². The largest absolute Gasteiger partial charge is 0.508 e. The summed E-state index contributed by atoms with van der Waals surface area (Å²) < 4.78 is 9.76. The first-order valence-electron chi connectivity index (χ1n) is 8.17. The van der Waals surface area contributed by atoms with Gasteiger partial charge in [0.25, 0.3) is 0 Å². The Hall–Kier alpha value is -2.77. The van der Waals surface area contributed by atoms with Crippen LogP contribution in [-0.4, -0.2) is 47.9 Å². The Kier molecular flexibility index (Phi) is 7.42. The third-order valence-corrected chi connectivity index (χ3v) is 3.30. The van der Waals surface area contributed by atoms with Crippen LogP contribution in [0.3, 0.4) is 0 Å². The molecule has 0 saturated heterocycles. The molecule has 0 aromatic heterocycles. The lowest BCUT2D eigenvalue weighted by Gasteiger charge is -2.24. The van der Waals surface area contributed by atoms with Crippen molar-refractivity contribution in [2.45, 2.75) is 51.8 Å². The van der Waals surface area contributed by atoms with Crippen molar-refractivity contribution in [2.24, 2.45) is 0 Å². The second-order valence-electron chi connectivity index (χ2n) is 6.82. The minimum absolute atomic E-state index is 0.0918. The van der Waals surface area contributed by atoms with Crippen molar-refractivity contribution in [3.63, 3.8) is 0 Å². The molecule has 8 nitrogen and oxygen atoms in total. The highest BCUT2D eigenvalue weighted by atomic mass is 16.6. The zero-order valence-electron chi connectivity index (χ0n) is 15.7. The summed E-state index contributed by atoms with van der Waals surface area (Å²) in [5.74, 6) is -1.06. The lowest BCUT2D eigenvalue weighted by Crippen LogP contribution is -2.52. The number of benzene rings is 1. The standard InChI is InChI=1S/C18H26N2O6/c1-11(16(23)25-5)19-15(22)14(20-17(24)26-18(2,3)4)10-12-6-8-13(21)9-7-12/h6-9,11,14,21H,10H2,1-5H3,(H,19,22)(H,20,24)/t11-,14-/m1/s1. The third kappa shape index (κ3) is 7.42. The van der Waals surface area contributed by atoms with Crippen molar-refractivity contribution in [1.29, 1.82) is 0 Å². The van der Waals surface area contributed by atoms with Gasteiger partial charge < -0.3 is 25.2 Å². The number of phenolic OH excluding ortho intramolecular Hbond substituents is 1. The summed E-state index contributed by atoms with van der Waals surface area (Å²) in [7, 11) is 1.22. The van der Waals surface area contributed by atoms with Crippen LogP contribution in [0.15, 0.2) is 24.3 Å². The number of amides is 2. The van der Waals surface area contributed by atoms with Gasteiger partial charge in [-0.1, -0.05) is 12.1 Å². The molecule has 0 unspecified atom stereocenters. The summed E-state index contributed by atoms with van der Waals surface area (Å²) in [5, 5.41) is 14.4. The molecule has 26 heavy (non-hydrogen) atoms. The molecule has 0 radical (unpaired) electrons. The molecule has 0 fully saturated rings. The van der Waals surface area contributed by atoms with Gasteiger partial charge in [-0.2, -0.15) is 0 Å². The van der Waals surface area contributed by atoms with E-state index >= 15 is 0 Å². The molecule has 3 N–H and O–H groups in total. The summed E-state index contributed by atoms with van der Waals surface area (Å²) in [6.45, 7) is 6.61. The van der Waals surface area contributed by atoms with Gasteiger partial charge >= 0.3 is 12.1 Å². The predicted molar refractivity (Wildman–Crippen MR) is 94.6 cm³/mol. The van der Waals surface area contributed by atoms with E-state index in [9.17, 15) is 19.5 Å². The Morgan fingerprint density at radius 1 is 1.12 bits per heavy atom. The van der Waals surface area contributed by atoms with E-state index in [-0.39, 0.29) is 12.2 Å². The number of ether oxygens (including phenoxy) is 2. The number of hydrogen-bond acceptors (Lipinski definition) is 6. The molecule has 2 atom stereocenters. The van der Waals surface area contributed by atoms with Gasteiger partial charge in [0.2, 0.25) is 5.91 Å². The molecule has 8 heteroatoms. The number of carbonyl (C=O) groups excluding carboxylic acids is 3. The van der Waals surface area contributed by atoms with Gasteiger partial charge in [-0.3, -0.25) is 4.79 Å². The molecule has 1 aromatic rings. The van der Waals surface area contributed by atoms with E-state index in [2.05, 4.69) is 15.4 Å². The smallest absolute Gasteiger partial charge is 0.408 e. The van der Waals surface area contributed by atoms with E-state index < -0.39 is 35.7 Å². The molecule has 0 heterocycles. The molecule has 144 valence electrons. The maximum Gasteiger partial charge on any atom is 0.408 e. The van der Waals surface area contributed by atoms with Gasteiger partial charge in [0.15, 0.2) is 0 Å².